The van der Waals surface area contributed by atoms with Crippen molar-refractivity contribution in [3.05, 3.63) is 19.8 Å². The molecule has 0 spiro atoms. The Morgan fingerprint density at radius 3 is 2.83 bits per heavy atom. The zero-order valence-electron chi connectivity index (χ0n) is 6.60. The fourth-order valence-electron chi connectivity index (χ4n) is 0.911. The summed E-state index contributed by atoms with van der Waals surface area (Å²) in [6.07, 6.45) is 0. The zero-order valence-corrected chi connectivity index (χ0v) is 9.76. The molecule has 0 aliphatic carbocycles. The van der Waals surface area contributed by atoms with Crippen molar-refractivity contribution in [3.63, 3.8) is 0 Å². The largest absolute Gasteiger partial charge is 0.329 e. The highest BCUT2D eigenvalue weighted by atomic mass is 79.9. The molecule has 1 atom stereocenters. The van der Waals surface area contributed by atoms with Gasteiger partial charge in [0.05, 0.1) is 6.04 Å². The lowest BCUT2D eigenvalue weighted by molar-refractivity contribution is 0.615. The van der Waals surface area contributed by atoms with Crippen LogP contribution in [0.2, 0.25) is 4.34 Å². The van der Waals surface area contributed by atoms with Crippen LogP contribution in [0.4, 0.5) is 0 Å². The van der Waals surface area contributed by atoms with Gasteiger partial charge >= 0.3 is 0 Å². The van der Waals surface area contributed by atoms with Gasteiger partial charge in [0.2, 0.25) is 0 Å². The number of thiophene rings is 1. The number of nitrogens with one attached hydrogen (secondary N) is 1. The highest BCUT2D eigenvalue weighted by Crippen LogP contribution is 2.34. The van der Waals surface area contributed by atoms with Crippen LogP contribution in [0.5, 0.6) is 0 Å². The molecule has 12 heavy (non-hydrogen) atoms. The van der Waals surface area contributed by atoms with Crippen LogP contribution in [0, 0.1) is 0 Å². The summed E-state index contributed by atoms with van der Waals surface area (Å²) in [6.45, 7) is 0.583. The van der Waals surface area contributed by atoms with Crippen LogP contribution in [-0.2, 0) is 0 Å². The molecule has 0 bridgehead atoms. The lowest BCUT2D eigenvalue weighted by Crippen LogP contribution is -2.23. The minimum absolute atomic E-state index is 0.207. The summed E-state index contributed by atoms with van der Waals surface area (Å²) in [5.41, 5.74) is 5.56. The lowest BCUT2D eigenvalue weighted by atomic mass is 10.2. The minimum atomic E-state index is 0.207. The smallest absolute Gasteiger partial charge is 0.107 e. The molecule has 2 nitrogen and oxygen atoms in total. The first-order chi connectivity index (χ1) is 5.69. The molecule has 1 unspecified atom stereocenters. The Balaban J connectivity index is 2.86. The fraction of sp³-hybridized carbons (Fsp3) is 0.429. The third kappa shape index (κ3) is 2.20. The lowest BCUT2D eigenvalue weighted by Gasteiger charge is -2.10. The van der Waals surface area contributed by atoms with Crippen molar-refractivity contribution in [2.45, 2.75) is 6.04 Å². The van der Waals surface area contributed by atoms with E-state index in [0.29, 0.717) is 6.54 Å². The summed E-state index contributed by atoms with van der Waals surface area (Å²) in [6, 6.07) is 2.21. The van der Waals surface area contributed by atoms with E-state index in [4.69, 9.17) is 17.3 Å². The van der Waals surface area contributed by atoms with Crippen molar-refractivity contribution < 1.29 is 0 Å². The van der Waals surface area contributed by atoms with E-state index in [9.17, 15) is 0 Å². The summed E-state index contributed by atoms with van der Waals surface area (Å²) >= 11 is 10.8. The van der Waals surface area contributed by atoms with Crippen molar-refractivity contribution in [2.24, 2.45) is 5.73 Å². The van der Waals surface area contributed by atoms with Gasteiger partial charge in [0.1, 0.15) is 4.34 Å². The summed E-state index contributed by atoms with van der Waals surface area (Å²) in [4.78, 5) is 1.16. The molecule has 0 fully saturated rings. The quantitative estimate of drug-likeness (QED) is 0.884. The molecule has 0 radical (unpaired) electrons. The van der Waals surface area contributed by atoms with Gasteiger partial charge in [-0.1, -0.05) is 11.6 Å². The molecule has 0 saturated carbocycles. The van der Waals surface area contributed by atoms with Crippen LogP contribution >= 0.6 is 38.9 Å². The van der Waals surface area contributed by atoms with Crippen molar-refractivity contribution in [3.8, 4) is 0 Å². The van der Waals surface area contributed by atoms with Crippen molar-refractivity contribution >= 4 is 38.9 Å². The van der Waals surface area contributed by atoms with Gasteiger partial charge in [0, 0.05) is 15.9 Å². The second kappa shape index (κ2) is 4.58. The van der Waals surface area contributed by atoms with Crippen molar-refractivity contribution in [2.75, 3.05) is 13.6 Å². The molecular weight excluding hydrogens is 260 g/mol. The van der Waals surface area contributed by atoms with E-state index in [1.165, 1.54) is 0 Å². The maximum atomic E-state index is 5.89. The molecular formula is C7H10BrClN2S. The van der Waals surface area contributed by atoms with Crippen molar-refractivity contribution in [1.29, 1.82) is 0 Å². The Hall–Kier alpha value is 0.390. The molecule has 1 aromatic rings. The number of nitrogens with two attached hydrogens (primary N) is 1. The van der Waals surface area contributed by atoms with E-state index in [0.717, 1.165) is 13.7 Å². The average molecular weight is 270 g/mol. The maximum Gasteiger partial charge on any atom is 0.107 e. The summed E-state index contributed by atoms with van der Waals surface area (Å²) < 4.78 is 1.72. The molecule has 0 amide bonds. The normalized spacial score (nSPS) is 13.3. The molecule has 1 heterocycles. The number of hydrogen-bond acceptors (Lipinski definition) is 3. The van der Waals surface area contributed by atoms with Crippen molar-refractivity contribution in [1.82, 2.24) is 5.32 Å². The Morgan fingerprint density at radius 1 is 1.83 bits per heavy atom. The summed E-state index contributed by atoms with van der Waals surface area (Å²) in [5.74, 6) is 0. The first-order valence-corrected chi connectivity index (χ1v) is 5.49. The number of halogens is 2. The summed E-state index contributed by atoms with van der Waals surface area (Å²) in [5, 5.41) is 3.11. The van der Waals surface area contributed by atoms with Gasteiger partial charge in [-0.15, -0.1) is 11.3 Å². The zero-order chi connectivity index (χ0) is 9.14. The Labute approximate surface area is 89.2 Å². The Morgan fingerprint density at radius 2 is 2.50 bits per heavy atom. The van der Waals surface area contributed by atoms with E-state index in [-0.39, 0.29) is 6.04 Å². The highest BCUT2D eigenvalue weighted by Gasteiger charge is 2.11. The maximum absolute atomic E-state index is 5.89. The standard InChI is InChI=1S/C7H10BrClN2S/c1-11-5(3-10)6-2-4(8)7(9)12-6/h2,5,11H,3,10H2,1H3. The second-order valence-corrected chi connectivity index (χ2v) is 4.89. The van der Waals surface area contributed by atoms with E-state index in [1.54, 1.807) is 11.3 Å². The third-order valence-electron chi connectivity index (χ3n) is 1.59. The van der Waals surface area contributed by atoms with E-state index < -0.39 is 0 Å². The fourth-order valence-corrected chi connectivity index (χ4v) is 2.77. The van der Waals surface area contributed by atoms with Gasteiger partial charge in [-0.2, -0.15) is 0 Å². The summed E-state index contributed by atoms with van der Waals surface area (Å²) in [7, 11) is 1.89. The Bertz CT molecular complexity index is 240. The molecule has 1 aromatic heterocycles. The SMILES string of the molecule is CNC(CN)c1cc(Br)c(Cl)s1. The van der Waals surface area contributed by atoms with Crippen LogP contribution in [0.3, 0.4) is 0 Å². The molecule has 0 saturated heterocycles. The van der Waals surface area contributed by atoms with Crippen LogP contribution in [0.25, 0.3) is 0 Å². The Kier molecular flexibility index (Phi) is 3.99. The van der Waals surface area contributed by atoms with Gasteiger partial charge in [-0.25, -0.2) is 0 Å². The van der Waals surface area contributed by atoms with E-state index >= 15 is 0 Å². The highest BCUT2D eigenvalue weighted by molar-refractivity contribution is 9.10. The van der Waals surface area contributed by atoms with E-state index in [1.807, 2.05) is 13.1 Å². The monoisotopic (exact) mass is 268 g/mol. The predicted octanol–water partition coefficient (Wildman–Crippen LogP) is 2.38. The van der Waals surface area contributed by atoms with Gasteiger partial charge in [0.25, 0.3) is 0 Å². The minimum Gasteiger partial charge on any atom is -0.329 e. The third-order valence-corrected chi connectivity index (χ3v) is 4.18. The van der Waals surface area contributed by atoms with Gasteiger partial charge in [-0.3, -0.25) is 0 Å². The van der Waals surface area contributed by atoms with Crippen LogP contribution < -0.4 is 11.1 Å². The van der Waals surface area contributed by atoms with Gasteiger partial charge in [-0.05, 0) is 29.0 Å². The average Bonchev–Trinajstić information content (AvgIpc) is 2.35. The van der Waals surface area contributed by atoms with Gasteiger partial charge in [0.15, 0.2) is 0 Å². The first-order valence-electron chi connectivity index (χ1n) is 3.51. The van der Waals surface area contributed by atoms with Gasteiger partial charge < -0.3 is 11.1 Å². The number of hydrogen-bond donors (Lipinski definition) is 2. The predicted molar refractivity (Wildman–Crippen MR) is 57.9 cm³/mol. The molecule has 1 rings (SSSR count). The number of likely N-dealkylation sites (N-methyl/N-ethyl adjacent to an activating group) is 1. The van der Waals surface area contributed by atoms with Crippen LogP contribution in [0.15, 0.2) is 10.5 Å². The molecule has 68 valence electrons. The topological polar surface area (TPSA) is 38.0 Å². The van der Waals surface area contributed by atoms with E-state index in [2.05, 4.69) is 21.2 Å². The molecule has 0 aliphatic heterocycles. The first kappa shape index (κ1) is 10.5. The van der Waals surface area contributed by atoms with Crippen LogP contribution in [0.1, 0.15) is 10.9 Å². The molecule has 0 aromatic carbocycles. The number of rotatable bonds is 3. The molecule has 5 heteroatoms. The molecule has 0 aliphatic rings. The van der Waals surface area contributed by atoms with Crippen LogP contribution in [-0.4, -0.2) is 13.6 Å². The molecule has 3 N–H and O–H groups in total. The second-order valence-electron chi connectivity index (χ2n) is 2.35.